The van der Waals surface area contributed by atoms with Crippen molar-refractivity contribution >= 4 is 11.8 Å². The van der Waals surface area contributed by atoms with E-state index in [0.717, 1.165) is 22.6 Å². The van der Waals surface area contributed by atoms with Crippen LogP contribution < -0.4 is 5.32 Å². The van der Waals surface area contributed by atoms with Crippen molar-refractivity contribution in [2.75, 3.05) is 0 Å². The highest BCUT2D eigenvalue weighted by Gasteiger charge is 2.36. The van der Waals surface area contributed by atoms with E-state index in [0.29, 0.717) is 24.2 Å². The Bertz CT molecular complexity index is 1090. The minimum atomic E-state index is -0.681. The maximum atomic E-state index is 13.2. The molecule has 4 rings (SSSR count). The van der Waals surface area contributed by atoms with Crippen LogP contribution in [-0.2, 0) is 31.4 Å². The molecule has 30 heavy (non-hydrogen) atoms. The number of pyridine rings is 1. The standard InChI is InChI=1S/C21H23N7O2/c1-13-16(14(2)27(3)26-13)11-25-20(29)19-9-17-18(24-8-7-23-17)12-28(19)21(30)15-5-4-6-22-10-15/h4-8,10,19H,9,11-12H2,1-3H3,(H,25,29). The van der Waals surface area contributed by atoms with E-state index >= 15 is 0 Å². The van der Waals surface area contributed by atoms with Gasteiger partial charge in [-0.15, -0.1) is 0 Å². The summed E-state index contributed by atoms with van der Waals surface area (Å²) in [6, 6.07) is 2.71. The normalized spacial score (nSPS) is 15.6. The molecule has 3 aromatic heterocycles. The van der Waals surface area contributed by atoms with Gasteiger partial charge in [0.25, 0.3) is 5.91 Å². The Hall–Kier alpha value is -3.62. The van der Waals surface area contributed by atoms with Crippen molar-refractivity contribution in [3.8, 4) is 0 Å². The molecule has 0 saturated carbocycles. The number of carbonyl (C=O) groups is 2. The van der Waals surface area contributed by atoms with Crippen LogP contribution in [0.2, 0.25) is 0 Å². The molecule has 0 aromatic carbocycles. The molecule has 9 nitrogen and oxygen atoms in total. The SMILES string of the molecule is Cc1nn(C)c(C)c1CNC(=O)C1Cc2nccnc2CN1C(=O)c1cccnc1. The first-order valence-corrected chi connectivity index (χ1v) is 9.72. The maximum absolute atomic E-state index is 13.2. The zero-order valence-corrected chi connectivity index (χ0v) is 17.2. The third kappa shape index (κ3) is 3.66. The second-order valence-electron chi connectivity index (χ2n) is 7.34. The van der Waals surface area contributed by atoms with Crippen LogP contribution in [-0.4, -0.2) is 47.5 Å². The third-order valence-corrected chi connectivity index (χ3v) is 5.51. The second-order valence-corrected chi connectivity index (χ2v) is 7.34. The summed E-state index contributed by atoms with van der Waals surface area (Å²) in [6.07, 6.45) is 6.63. The van der Waals surface area contributed by atoms with Gasteiger partial charge < -0.3 is 10.2 Å². The number of carbonyl (C=O) groups excluding carboxylic acids is 2. The lowest BCUT2D eigenvalue weighted by Crippen LogP contribution is -2.52. The van der Waals surface area contributed by atoms with Gasteiger partial charge in [-0.3, -0.25) is 29.2 Å². The summed E-state index contributed by atoms with van der Waals surface area (Å²) in [6.45, 7) is 4.45. The van der Waals surface area contributed by atoms with Crippen LogP contribution >= 0.6 is 0 Å². The van der Waals surface area contributed by atoms with Gasteiger partial charge >= 0.3 is 0 Å². The van der Waals surface area contributed by atoms with Gasteiger partial charge in [-0.2, -0.15) is 5.10 Å². The van der Waals surface area contributed by atoms with Crippen LogP contribution in [0.25, 0.3) is 0 Å². The summed E-state index contributed by atoms with van der Waals surface area (Å²) in [5.74, 6) is -0.487. The summed E-state index contributed by atoms with van der Waals surface area (Å²) in [5.41, 5.74) is 4.72. The van der Waals surface area contributed by atoms with Crippen molar-refractivity contribution < 1.29 is 9.59 Å². The predicted octanol–water partition coefficient (Wildman–Crippen LogP) is 1.11. The molecular weight excluding hydrogens is 382 g/mol. The molecule has 0 radical (unpaired) electrons. The molecule has 1 aliphatic heterocycles. The number of hydrogen-bond acceptors (Lipinski definition) is 6. The molecule has 4 heterocycles. The molecular formula is C21H23N7O2. The van der Waals surface area contributed by atoms with Crippen LogP contribution in [0.15, 0.2) is 36.9 Å². The van der Waals surface area contributed by atoms with Gasteiger partial charge in [0, 0.05) is 56.1 Å². The fourth-order valence-electron chi connectivity index (χ4n) is 3.73. The first-order chi connectivity index (χ1) is 14.5. The fraction of sp³-hybridized carbons (Fsp3) is 0.333. The number of nitrogens with one attached hydrogen (secondary N) is 1. The fourth-order valence-corrected chi connectivity index (χ4v) is 3.73. The molecule has 1 unspecified atom stereocenters. The van der Waals surface area contributed by atoms with E-state index in [1.165, 1.54) is 6.20 Å². The zero-order valence-electron chi connectivity index (χ0n) is 17.2. The number of aryl methyl sites for hydroxylation is 2. The molecule has 9 heteroatoms. The number of amides is 2. The minimum Gasteiger partial charge on any atom is -0.350 e. The number of hydrogen-bond donors (Lipinski definition) is 1. The summed E-state index contributed by atoms with van der Waals surface area (Å²) in [4.78, 5) is 40.6. The molecule has 3 aromatic rings. The molecule has 2 amide bonds. The highest BCUT2D eigenvalue weighted by Crippen LogP contribution is 2.23. The summed E-state index contributed by atoms with van der Waals surface area (Å²) >= 11 is 0. The number of nitrogens with zero attached hydrogens (tertiary/aromatic N) is 6. The summed E-state index contributed by atoms with van der Waals surface area (Å²) in [7, 11) is 1.87. The first-order valence-electron chi connectivity index (χ1n) is 9.72. The number of rotatable bonds is 4. The van der Waals surface area contributed by atoms with Crippen LogP contribution in [0.5, 0.6) is 0 Å². The van der Waals surface area contributed by atoms with Crippen LogP contribution in [0, 0.1) is 13.8 Å². The molecule has 0 fully saturated rings. The van der Waals surface area contributed by atoms with E-state index in [-0.39, 0.29) is 18.4 Å². The van der Waals surface area contributed by atoms with Crippen molar-refractivity contribution in [3.05, 3.63) is 70.8 Å². The Morgan fingerprint density at radius 1 is 1.17 bits per heavy atom. The molecule has 1 aliphatic rings. The van der Waals surface area contributed by atoms with E-state index in [9.17, 15) is 9.59 Å². The monoisotopic (exact) mass is 405 g/mol. The van der Waals surface area contributed by atoms with Gasteiger partial charge in [0.15, 0.2) is 0 Å². The van der Waals surface area contributed by atoms with Gasteiger partial charge in [-0.25, -0.2) is 0 Å². The highest BCUT2D eigenvalue weighted by molar-refractivity contribution is 5.97. The predicted molar refractivity (Wildman–Crippen MR) is 108 cm³/mol. The van der Waals surface area contributed by atoms with Gasteiger partial charge in [-0.1, -0.05) is 0 Å². The van der Waals surface area contributed by atoms with Crippen molar-refractivity contribution in [2.45, 2.75) is 39.4 Å². The number of fused-ring (bicyclic) bond motifs is 1. The average molecular weight is 405 g/mol. The number of aromatic nitrogens is 5. The first kappa shape index (κ1) is 19.7. The van der Waals surface area contributed by atoms with Crippen molar-refractivity contribution in [3.63, 3.8) is 0 Å². The van der Waals surface area contributed by atoms with Gasteiger partial charge in [0.2, 0.25) is 5.91 Å². The molecule has 0 saturated heterocycles. The van der Waals surface area contributed by atoms with Gasteiger partial charge in [0.05, 0.1) is 29.2 Å². The molecule has 0 spiro atoms. The topological polar surface area (TPSA) is 106 Å². The second kappa shape index (κ2) is 8.02. The van der Waals surface area contributed by atoms with E-state index in [1.807, 2.05) is 20.9 Å². The van der Waals surface area contributed by atoms with E-state index in [2.05, 4.69) is 25.4 Å². The minimum absolute atomic E-state index is 0.222. The lowest BCUT2D eigenvalue weighted by molar-refractivity contribution is -0.126. The van der Waals surface area contributed by atoms with Gasteiger partial charge in [0.1, 0.15) is 6.04 Å². The maximum Gasteiger partial charge on any atom is 0.256 e. The lowest BCUT2D eigenvalue weighted by atomic mass is 10.00. The lowest BCUT2D eigenvalue weighted by Gasteiger charge is -2.34. The largest absolute Gasteiger partial charge is 0.350 e. The Kier molecular flexibility index (Phi) is 5.26. The van der Waals surface area contributed by atoms with Crippen molar-refractivity contribution in [1.29, 1.82) is 0 Å². The zero-order chi connectivity index (χ0) is 21.3. The van der Waals surface area contributed by atoms with Crippen LogP contribution in [0.3, 0.4) is 0 Å². The Morgan fingerprint density at radius 3 is 2.60 bits per heavy atom. The van der Waals surface area contributed by atoms with E-state index in [1.54, 1.807) is 40.3 Å². The summed E-state index contributed by atoms with van der Waals surface area (Å²) in [5, 5.41) is 7.37. The van der Waals surface area contributed by atoms with E-state index in [4.69, 9.17) is 0 Å². The van der Waals surface area contributed by atoms with Crippen LogP contribution in [0.4, 0.5) is 0 Å². The Morgan fingerprint density at radius 2 is 1.93 bits per heavy atom. The quantitative estimate of drug-likeness (QED) is 0.697. The Balaban J connectivity index is 1.59. The smallest absolute Gasteiger partial charge is 0.256 e. The molecule has 0 aliphatic carbocycles. The third-order valence-electron chi connectivity index (χ3n) is 5.51. The van der Waals surface area contributed by atoms with Crippen LogP contribution in [0.1, 0.15) is 38.7 Å². The summed E-state index contributed by atoms with van der Waals surface area (Å²) < 4.78 is 1.79. The van der Waals surface area contributed by atoms with E-state index < -0.39 is 6.04 Å². The molecule has 1 atom stereocenters. The molecule has 0 bridgehead atoms. The van der Waals surface area contributed by atoms with Crippen molar-refractivity contribution in [2.24, 2.45) is 7.05 Å². The average Bonchev–Trinajstić information content (AvgIpc) is 3.02. The molecule has 154 valence electrons. The van der Waals surface area contributed by atoms with Crippen molar-refractivity contribution in [1.82, 2.24) is 34.9 Å². The Labute approximate surface area is 174 Å². The highest BCUT2D eigenvalue weighted by atomic mass is 16.2. The van der Waals surface area contributed by atoms with Gasteiger partial charge in [-0.05, 0) is 26.0 Å². The molecule has 1 N–H and O–H groups in total.